The van der Waals surface area contributed by atoms with Crippen LogP contribution in [-0.2, 0) is 14.1 Å². The van der Waals surface area contributed by atoms with E-state index < -0.39 is 30.8 Å². The Morgan fingerprint density at radius 3 is 2.25 bits per heavy atom. The van der Waals surface area contributed by atoms with Crippen molar-refractivity contribution in [1.82, 2.24) is 4.90 Å². The number of likely N-dealkylation sites (tertiary alicyclic amines) is 1. The van der Waals surface area contributed by atoms with Crippen LogP contribution in [0.1, 0.15) is 33.6 Å². The maximum absolute atomic E-state index is 12.1. The second-order valence-corrected chi connectivity index (χ2v) is 10.2. The summed E-state index contributed by atoms with van der Waals surface area (Å²) in [4.78, 5) is 24.7. The predicted octanol–water partition coefficient (Wildman–Crippen LogP) is 2.46. The van der Waals surface area contributed by atoms with E-state index in [1.165, 1.54) is 4.90 Å². The molecule has 0 aliphatic carbocycles. The first-order valence-corrected chi connectivity index (χ1v) is 9.36. The first-order chi connectivity index (χ1) is 8.92. The highest BCUT2D eigenvalue weighted by Crippen LogP contribution is 2.48. The van der Waals surface area contributed by atoms with E-state index in [4.69, 9.17) is 4.74 Å². The highest BCUT2D eigenvalue weighted by atomic mass is 31.2. The summed E-state index contributed by atoms with van der Waals surface area (Å²) in [5.74, 6) is -1.07. The summed E-state index contributed by atoms with van der Waals surface area (Å²) in [5.41, 5.74) is -0.816. The number of ether oxygens (including phenoxy) is 1. The van der Waals surface area contributed by atoms with Crippen molar-refractivity contribution in [3.05, 3.63) is 0 Å². The van der Waals surface area contributed by atoms with Gasteiger partial charge < -0.3 is 14.4 Å². The third-order valence-electron chi connectivity index (χ3n) is 3.37. The molecule has 0 aromatic heterocycles. The quantitative estimate of drug-likeness (QED) is 0.792. The fourth-order valence-electron chi connectivity index (χ4n) is 2.28. The number of hydrogen-bond acceptors (Lipinski definition) is 4. The summed E-state index contributed by atoms with van der Waals surface area (Å²) in [7, 11) is -2.36. The second kappa shape index (κ2) is 5.76. The van der Waals surface area contributed by atoms with Crippen LogP contribution >= 0.6 is 7.14 Å². The standard InChI is InChI=1S/C13H24NO5P/c1-13(2,3)19-12(17)14-7-6-9(20(4,5)18)8-10(14)11(15)16/h9-10H,6-8H2,1-5H3,(H,15,16). The summed E-state index contributed by atoms with van der Waals surface area (Å²) >= 11 is 0. The average Bonchev–Trinajstić information content (AvgIpc) is 2.24. The van der Waals surface area contributed by atoms with Crippen LogP contribution in [0.5, 0.6) is 0 Å². The minimum Gasteiger partial charge on any atom is -0.480 e. The molecule has 0 aromatic carbocycles. The van der Waals surface area contributed by atoms with Gasteiger partial charge in [-0.3, -0.25) is 4.90 Å². The monoisotopic (exact) mass is 305 g/mol. The molecule has 1 amide bonds. The minimum absolute atomic E-state index is 0.151. The van der Waals surface area contributed by atoms with Crippen LogP contribution in [0.25, 0.3) is 0 Å². The number of amides is 1. The number of nitrogens with zero attached hydrogens (tertiary/aromatic N) is 1. The lowest BCUT2D eigenvalue weighted by Crippen LogP contribution is -2.52. The molecule has 1 heterocycles. The SMILES string of the molecule is CC(C)(C)OC(=O)N1CCC(P(C)(C)=O)CC1C(=O)O. The second-order valence-electron chi connectivity index (χ2n) is 6.64. The van der Waals surface area contributed by atoms with Crippen LogP contribution in [0.3, 0.4) is 0 Å². The summed E-state index contributed by atoms with van der Waals surface area (Å²) in [5, 5.41) is 9.30. The van der Waals surface area contributed by atoms with Crippen molar-refractivity contribution < 1.29 is 24.0 Å². The predicted molar refractivity (Wildman–Crippen MR) is 76.8 cm³/mol. The number of carbonyl (C=O) groups is 2. The Bertz CT molecular complexity index is 437. The van der Waals surface area contributed by atoms with Gasteiger partial charge in [0.15, 0.2) is 0 Å². The molecule has 0 aromatic rings. The summed E-state index contributed by atoms with van der Waals surface area (Å²) in [6, 6.07) is -0.961. The average molecular weight is 305 g/mol. The highest BCUT2D eigenvalue weighted by Gasteiger charge is 2.41. The van der Waals surface area contributed by atoms with E-state index in [1.807, 2.05) is 0 Å². The van der Waals surface area contributed by atoms with E-state index in [9.17, 15) is 19.3 Å². The number of carboxylic acid groups (broad SMARTS) is 1. The van der Waals surface area contributed by atoms with Crippen molar-refractivity contribution in [2.75, 3.05) is 19.9 Å². The lowest BCUT2D eigenvalue weighted by molar-refractivity contribution is -0.144. The van der Waals surface area contributed by atoms with Gasteiger partial charge in [0, 0.05) is 12.2 Å². The van der Waals surface area contributed by atoms with Crippen molar-refractivity contribution in [1.29, 1.82) is 0 Å². The Labute approximate surface area is 119 Å². The number of piperidine rings is 1. The topological polar surface area (TPSA) is 83.9 Å². The van der Waals surface area contributed by atoms with Gasteiger partial charge >= 0.3 is 12.1 Å². The van der Waals surface area contributed by atoms with Gasteiger partial charge in [0.1, 0.15) is 11.6 Å². The lowest BCUT2D eigenvalue weighted by Gasteiger charge is -2.38. The number of carboxylic acids is 1. The molecule has 0 spiro atoms. The van der Waals surface area contributed by atoms with E-state index >= 15 is 0 Å². The van der Waals surface area contributed by atoms with E-state index in [0.29, 0.717) is 6.42 Å². The van der Waals surface area contributed by atoms with Crippen molar-refractivity contribution in [3.63, 3.8) is 0 Å². The Morgan fingerprint density at radius 2 is 1.85 bits per heavy atom. The van der Waals surface area contributed by atoms with Gasteiger partial charge in [0.25, 0.3) is 0 Å². The number of carbonyl (C=O) groups excluding carboxylic acids is 1. The van der Waals surface area contributed by atoms with Gasteiger partial charge in [-0.15, -0.1) is 0 Å². The molecular formula is C13H24NO5P. The molecule has 1 N–H and O–H groups in total. The lowest BCUT2D eigenvalue weighted by atomic mass is 10.0. The molecule has 0 radical (unpaired) electrons. The first kappa shape index (κ1) is 17.0. The van der Waals surface area contributed by atoms with Crippen LogP contribution in [0.2, 0.25) is 0 Å². The van der Waals surface area contributed by atoms with Crippen molar-refractivity contribution in [2.45, 2.75) is 50.9 Å². The van der Waals surface area contributed by atoms with Crippen LogP contribution in [0.15, 0.2) is 0 Å². The normalized spacial score (nSPS) is 24.4. The molecular weight excluding hydrogens is 281 g/mol. The molecule has 2 atom stereocenters. The van der Waals surface area contributed by atoms with E-state index in [-0.39, 0.29) is 18.6 Å². The molecule has 0 saturated carbocycles. The fraction of sp³-hybridized carbons (Fsp3) is 0.846. The molecule has 7 heteroatoms. The summed E-state index contributed by atoms with van der Waals surface area (Å²) in [6.07, 6.45) is 0.150. The van der Waals surface area contributed by atoms with Gasteiger partial charge in [-0.1, -0.05) is 0 Å². The Balaban J connectivity index is 2.86. The van der Waals surface area contributed by atoms with Gasteiger partial charge in [-0.05, 0) is 46.9 Å². The highest BCUT2D eigenvalue weighted by molar-refractivity contribution is 7.63. The van der Waals surface area contributed by atoms with Gasteiger partial charge in [0.2, 0.25) is 0 Å². The molecule has 1 aliphatic heterocycles. The molecule has 6 nitrogen and oxygen atoms in total. The smallest absolute Gasteiger partial charge is 0.411 e. The van der Waals surface area contributed by atoms with Crippen LogP contribution in [0, 0.1) is 0 Å². The zero-order valence-electron chi connectivity index (χ0n) is 12.8. The van der Waals surface area contributed by atoms with Gasteiger partial charge in [0.05, 0.1) is 7.14 Å². The van der Waals surface area contributed by atoms with Crippen LogP contribution in [0.4, 0.5) is 4.79 Å². The molecule has 0 bridgehead atoms. The van der Waals surface area contributed by atoms with Crippen molar-refractivity contribution in [2.24, 2.45) is 0 Å². The van der Waals surface area contributed by atoms with Crippen molar-refractivity contribution >= 4 is 19.2 Å². The van der Waals surface area contributed by atoms with Gasteiger partial charge in [-0.2, -0.15) is 0 Å². The third kappa shape index (κ3) is 4.51. The summed E-state index contributed by atoms with van der Waals surface area (Å²) in [6.45, 7) is 8.81. The number of rotatable bonds is 2. The zero-order chi connectivity index (χ0) is 15.7. The fourth-order valence-corrected chi connectivity index (χ4v) is 3.73. The van der Waals surface area contributed by atoms with Crippen molar-refractivity contribution in [3.8, 4) is 0 Å². The number of aliphatic carboxylic acids is 1. The maximum Gasteiger partial charge on any atom is 0.411 e. The molecule has 2 unspecified atom stereocenters. The minimum atomic E-state index is -2.36. The molecule has 1 fully saturated rings. The van der Waals surface area contributed by atoms with E-state index in [0.717, 1.165) is 0 Å². The third-order valence-corrected chi connectivity index (χ3v) is 5.59. The molecule has 20 heavy (non-hydrogen) atoms. The van der Waals surface area contributed by atoms with Crippen LogP contribution < -0.4 is 0 Å². The van der Waals surface area contributed by atoms with E-state index in [2.05, 4.69) is 0 Å². The van der Waals surface area contributed by atoms with Crippen LogP contribution in [-0.4, -0.2) is 59.2 Å². The van der Waals surface area contributed by atoms with Gasteiger partial charge in [-0.25, -0.2) is 9.59 Å². The molecule has 116 valence electrons. The largest absolute Gasteiger partial charge is 0.480 e. The molecule has 1 rings (SSSR count). The Kier molecular flexibility index (Phi) is 4.90. The first-order valence-electron chi connectivity index (χ1n) is 6.69. The zero-order valence-corrected chi connectivity index (χ0v) is 13.6. The summed E-state index contributed by atoms with van der Waals surface area (Å²) < 4.78 is 17.3. The maximum atomic E-state index is 12.1. The van der Waals surface area contributed by atoms with E-state index in [1.54, 1.807) is 34.1 Å². The Morgan fingerprint density at radius 1 is 1.30 bits per heavy atom. The Hall–Kier alpha value is -1.03. The molecule has 1 aliphatic rings. The molecule has 1 saturated heterocycles. The number of hydrogen-bond donors (Lipinski definition) is 1.